The lowest BCUT2D eigenvalue weighted by Crippen LogP contribution is -2.31. The molecule has 40 heavy (non-hydrogen) atoms. The maximum Gasteiger partial charge on any atom is 0.216 e. The fourth-order valence-electron chi connectivity index (χ4n) is 5.90. The number of fused-ring (bicyclic) bond motifs is 3. The number of furan rings is 1. The molecule has 0 amide bonds. The molecular formula is C37H33N2O+. The highest BCUT2D eigenvalue weighted by molar-refractivity contribution is 6.14. The van der Waals surface area contributed by atoms with Crippen LogP contribution < -0.4 is 4.57 Å². The number of rotatable bonds is 5. The number of nitrogens with zero attached hydrogens (tertiary/aromatic N) is 2. The molecule has 0 saturated carbocycles. The van der Waals surface area contributed by atoms with Crippen LogP contribution in [0.3, 0.4) is 0 Å². The predicted molar refractivity (Wildman–Crippen MR) is 164 cm³/mol. The van der Waals surface area contributed by atoms with Crippen molar-refractivity contribution in [2.45, 2.75) is 34.1 Å². The molecule has 2 aromatic heterocycles. The molecule has 0 spiro atoms. The van der Waals surface area contributed by atoms with Gasteiger partial charge in [0.15, 0.2) is 6.20 Å². The van der Waals surface area contributed by atoms with Crippen LogP contribution in [-0.4, -0.2) is 0 Å². The van der Waals surface area contributed by atoms with Gasteiger partial charge in [-0.3, -0.25) is 0 Å². The van der Waals surface area contributed by atoms with Crippen LogP contribution in [0.2, 0.25) is 0 Å². The first-order valence-electron chi connectivity index (χ1n) is 13.9. The van der Waals surface area contributed by atoms with Gasteiger partial charge >= 0.3 is 0 Å². The average molecular weight is 522 g/mol. The van der Waals surface area contributed by atoms with E-state index in [2.05, 4.69) is 118 Å². The third-order valence-corrected chi connectivity index (χ3v) is 7.85. The largest absolute Gasteiger partial charge is 0.454 e. The van der Waals surface area contributed by atoms with E-state index in [-0.39, 0.29) is 0 Å². The van der Waals surface area contributed by atoms with E-state index >= 15 is 0 Å². The second-order valence-corrected chi connectivity index (χ2v) is 11.2. The zero-order chi connectivity index (χ0) is 28.0. The summed E-state index contributed by atoms with van der Waals surface area (Å²) < 4.78 is 8.98. The molecule has 0 atom stereocenters. The second-order valence-electron chi connectivity index (χ2n) is 11.2. The molecular weight excluding hydrogens is 488 g/mol. The van der Waals surface area contributed by atoms with Gasteiger partial charge in [-0.2, -0.15) is 5.26 Å². The van der Waals surface area contributed by atoms with E-state index in [1.54, 1.807) is 0 Å². The molecule has 4 aromatic carbocycles. The quantitative estimate of drug-likeness (QED) is 0.212. The van der Waals surface area contributed by atoms with Gasteiger partial charge in [0.05, 0.1) is 17.2 Å². The van der Waals surface area contributed by atoms with E-state index in [4.69, 9.17) is 4.42 Å². The predicted octanol–water partition coefficient (Wildman–Crippen LogP) is 9.10. The van der Waals surface area contributed by atoms with Gasteiger partial charge in [-0.05, 0) is 66.1 Å². The SMILES string of the molecule is Cc1cc(-c2c(C)ccc3c2oc2c(-c4ccc(CC(C)C)cc4)c(C#N)ccc23)[n+](C)cc1-c1ccccc1. The Hall–Kier alpha value is -4.68. The van der Waals surface area contributed by atoms with Crippen molar-refractivity contribution in [1.29, 1.82) is 5.26 Å². The van der Waals surface area contributed by atoms with Crippen molar-refractivity contribution in [1.82, 2.24) is 0 Å². The summed E-state index contributed by atoms with van der Waals surface area (Å²) in [6.07, 6.45) is 3.24. The van der Waals surface area contributed by atoms with E-state index in [0.29, 0.717) is 11.5 Å². The molecule has 196 valence electrons. The molecule has 2 heterocycles. The second kappa shape index (κ2) is 10.1. The van der Waals surface area contributed by atoms with Crippen LogP contribution in [0, 0.1) is 31.1 Å². The van der Waals surface area contributed by atoms with Gasteiger partial charge in [0.1, 0.15) is 18.2 Å². The monoisotopic (exact) mass is 521 g/mol. The number of benzene rings is 4. The molecule has 0 aliphatic carbocycles. The molecule has 3 heteroatoms. The van der Waals surface area contributed by atoms with E-state index in [1.165, 1.54) is 22.3 Å². The van der Waals surface area contributed by atoms with Crippen LogP contribution >= 0.6 is 0 Å². The number of pyridine rings is 1. The number of aromatic nitrogens is 1. The highest BCUT2D eigenvalue weighted by Crippen LogP contribution is 2.42. The summed E-state index contributed by atoms with van der Waals surface area (Å²) in [6.45, 7) is 8.76. The molecule has 0 aliphatic heterocycles. The molecule has 3 nitrogen and oxygen atoms in total. The van der Waals surface area contributed by atoms with Gasteiger partial charge in [-0.1, -0.05) is 80.6 Å². The molecule has 0 unspecified atom stereocenters. The molecule has 0 aliphatic rings. The Kier molecular flexibility index (Phi) is 6.48. The van der Waals surface area contributed by atoms with Gasteiger partial charge in [0.25, 0.3) is 0 Å². The zero-order valence-corrected chi connectivity index (χ0v) is 23.7. The summed E-state index contributed by atoms with van der Waals surface area (Å²) in [6, 6.07) is 32.0. The number of nitriles is 1. The van der Waals surface area contributed by atoms with Crippen molar-refractivity contribution in [2.24, 2.45) is 13.0 Å². The van der Waals surface area contributed by atoms with Gasteiger partial charge in [-0.25, -0.2) is 4.57 Å². The van der Waals surface area contributed by atoms with Gasteiger partial charge < -0.3 is 4.42 Å². The first kappa shape index (κ1) is 25.6. The molecule has 0 N–H and O–H groups in total. The Morgan fingerprint density at radius 3 is 2.12 bits per heavy atom. The lowest BCUT2D eigenvalue weighted by atomic mass is 9.94. The maximum absolute atomic E-state index is 10.1. The fourth-order valence-corrected chi connectivity index (χ4v) is 5.90. The summed E-state index contributed by atoms with van der Waals surface area (Å²) in [7, 11) is 2.10. The summed E-state index contributed by atoms with van der Waals surface area (Å²) in [4.78, 5) is 0. The number of aryl methyl sites for hydroxylation is 3. The zero-order valence-electron chi connectivity index (χ0n) is 23.7. The van der Waals surface area contributed by atoms with Gasteiger partial charge in [-0.15, -0.1) is 0 Å². The summed E-state index contributed by atoms with van der Waals surface area (Å²) >= 11 is 0. The molecule has 0 bridgehead atoms. The van der Waals surface area contributed by atoms with Crippen molar-refractivity contribution < 1.29 is 8.98 Å². The normalized spacial score (nSPS) is 11.4. The molecule has 6 rings (SSSR count). The van der Waals surface area contributed by atoms with Crippen LogP contribution in [0.15, 0.2) is 95.5 Å². The Balaban J connectivity index is 1.58. The van der Waals surface area contributed by atoms with Gasteiger partial charge in [0.2, 0.25) is 5.69 Å². The molecule has 0 saturated heterocycles. The lowest BCUT2D eigenvalue weighted by Gasteiger charge is -2.10. The van der Waals surface area contributed by atoms with Crippen molar-refractivity contribution in [3.8, 4) is 39.6 Å². The van der Waals surface area contributed by atoms with Crippen molar-refractivity contribution in [2.75, 3.05) is 0 Å². The van der Waals surface area contributed by atoms with Crippen LogP contribution in [0.5, 0.6) is 0 Å². The minimum absolute atomic E-state index is 0.590. The van der Waals surface area contributed by atoms with Crippen molar-refractivity contribution in [3.63, 3.8) is 0 Å². The first-order chi connectivity index (χ1) is 19.4. The molecule has 6 aromatic rings. The fraction of sp³-hybridized carbons (Fsp3) is 0.189. The number of hydrogen-bond acceptors (Lipinski definition) is 2. The standard InChI is InChI=1S/C37H33N2O/c1-23(2)19-26-12-14-28(15-13-26)35-29(21-38)16-18-31-30-17-11-24(3)34(36(30)40-37(31)35)33-20-25(4)32(22-39(33)5)27-9-7-6-8-10-27/h6-18,20,22-23H,19H2,1-5H3/q+1. The highest BCUT2D eigenvalue weighted by Gasteiger charge is 2.24. The first-order valence-corrected chi connectivity index (χ1v) is 13.9. The Morgan fingerprint density at radius 1 is 0.775 bits per heavy atom. The Morgan fingerprint density at radius 2 is 1.45 bits per heavy atom. The molecule has 0 radical (unpaired) electrons. The minimum Gasteiger partial charge on any atom is -0.454 e. The highest BCUT2D eigenvalue weighted by atomic mass is 16.3. The Labute approximate surface area is 236 Å². The summed E-state index contributed by atoms with van der Waals surface area (Å²) in [5, 5.41) is 12.1. The van der Waals surface area contributed by atoms with Crippen molar-refractivity contribution in [3.05, 3.63) is 113 Å². The summed E-state index contributed by atoms with van der Waals surface area (Å²) in [5.41, 5.74) is 12.3. The minimum atomic E-state index is 0.590. The third-order valence-electron chi connectivity index (χ3n) is 7.85. The van der Waals surface area contributed by atoms with E-state index in [0.717, 1.165) is 56.3 Å². The number of hydrogen-bond donors (Lipinski definition) is 0. The van der Waals surface area contributed by atoms with E-state index in [9.17, 15) is 5.26 Å². The average Bonchev–Trinajstić information content (AvgIpc) is 3.33. The smallest absolute Gasteiger partial charge is 0.216 e. The van der Waals surface area contributed by atoms with E-state index in [1.807, 2.05) is 18.2 Å². The maximum atomic E-state index is 10.1. The van der Waals surface area contributed by atoms with Crippen LogP contribution in [0.25, 0.3) is 55.4 Å². The lowest BCUT2D eigenvalue weighted by molar-refractivity contribution is -0.659. The Bertz CT molecular complexity index is 1920. The van der Waals surface area contributed by atoms with Gasteiger partial charge in [0, 0.05) is 28.0 Å². The van der Waals surface area contributed by atoms with E-state index < -0.39 is 0 Å². The van der Waals surface area contributed by atoms with Crippen LogP contribution in [0.4, 0.5) is 0 Å². The van der Waals surface area contributed by atoms with Crippen LogP contribution in [-0.2, 0) is 13.5 Å². The molecule has 0 fully saturated rings. The van der Waals surface area contributed by atoms with Crippen LogP contribution in [0.1, 0.15) is 36.1 Å². The van der Waals surface area contributed by atoms with Crippen molar-refractivity contribution >= 4 is 21.9 Å². The topological polar surface area (TPSA) is 40.8 Å². The third kappa shape index (κ3) is 4.36. The summed E-state index contributed by atoms with van der Waals surface area (Å²) in [5.74, 6) is 0.590.